The van der Waals surface area contributed by atoms with E-state index in [4.69, 9.17) is 0 Å². The van der Waals surface area contributed by atoms with Crippen LogP contribution in [-0.2, 0) is 14.3 Å². The van der Waals surface area contributed by atoms with Crippen molar-refractivity contribution < 1.29 is 14.3 Å². The van der Waals surface area contributed by atoms with Crippen molar-refractivity contribution in [2.24, 2.45) is 0 Å². The van der Waals surface area contributed by atoms with Gasteiger partial charge in [0.2, 0.25) is 0 Å². The van der Waals surface area contributed by atoms with E-state index in [0.717, 1.165) is 21.9 Å². The van der Waals surface area contributed by atoms with Gasteiger partial charge in [-0.3, -0.25) is 0 Å². The second-order valence-electron chi connectivity index (χ2n) is 1.60. The van der Waals surface area contributed by atoms with Gasteiger partial charge >= 0.3 is 0 Å². The molecule has 0 amide bonds. The van der Waals surface area contributed by atoms with Crippen LogP contribution in [0.1, 0.15) is 6.92 Å². The molecule has 0 heterocycles. The minimum atomic E-state index is 0.585. The van der Waals surface area contributed by atoms with E-state index in [1.807, 2.05) is 6.92 Å². The first-order valence-corrected chi connectivity index (χ1v) is 4.55. The summed E-state index contributed by atoms with van der Waals surface area (Å²) in [6.07, 6.45) is 0. The van der Waals surface area contributed by atoms with Crippen LogP contribution in [0.3, 0.4) is 0 Å². The molecule has 0 spiro atoms. The van der Waals surface area contributed by atoms with Gasteiger partial charge in [-0.1, -0.05) is 5.04 Å². The molecule has 0 aromatic carbocycles. The molecule has 0 aliphatic carbocycles. The first kappa shape index (κ1) is 11.7. The van der Waals surface area contributed by atoms with Gasteiger partial charge in [0.25, 0.3) is 0 Å². The molecule has 0 rings (SSSR count). The summed E-state index contributed by atoms with van der Waals surface area (Å²) in [5.41, 5.74) is 0. The smallest absolute Gasteiger partial charge is 0.0744 e. The minimum Gasteiger partial charge on any atom is -0.209 e. The fraction of sp³-hybridized carbons (Fsp3) is 0.600. The van der Waals surface area contributed by atoms with Crippen molar-refractivity contribution in [1.82, 2.24) is 0 Å². The molecule has 66 valence electrons. The highest BCUT2D eigenvalue weighted by Crippen LogP contribution is 2.18. The van der Waals surface area contributed by atoms with Crippen LogP contribution in [0, 0.1) is 0 Å². The molecule has 0 aliphatic heterocycles. The predicted molar refractivity (Wildman–Crippen MR) is 52.3 cm³/mol. The third kappa shape index (κ3) is 7.04. The lowest BCUT2D eigenvalue weighted by Crippen LogP contribution is -1.87. The Morgan fingerprint density at radius 1 is 1.45 bits per heavy atom. The highest BCUT2D eigenvalue weighted by molar-refractivity contribution is 7.96. The maximum absolute atomic E-state index is 4.48. The minimum absolute atomic E-state index is 0.585. The first-order valence-electron chi connectivity index (χ1n) is 2.75. The van der Waals surface area contributed by atoms with Crippen molar-refractivity contribution >= 4 is 37.3 Å². The van der Waals surface area contributed by atoms with Gasteiger partial charge in [-0.05, 0) is 11.8 Å². The highest BCUT2D eigenvalue weighted by Gasteiger charge is 1.96. The Labute approximate surface area is 81.4 Å². The monoisotopic (exact) mass is 214 g/mol. The van der Waals surface area contributed by atoms with E-state index in [1.165, 1.54) is 7.11 Å². The third-order valence-electron chi connectivity index (χ3n) is 0.757. The van der Waals surface area contributed by atoms with Crippen LogP contribution in [0.25, 0.3) is 0 Å². The van der Waals surface area contributed by atoms with Gasteiger partial charge < -0.3 is 0 Å². The second-order valence-corrected chi connectivity index (χ2v) is 3.47. The SMILES string of the molecule is COOOSC/C(S)=C(\C)S. The van der Waals surface area contributed by atoms with Gasteiger partial charge in [0.15, 0.2) is 0 Å². The number of thiol groups is 2. The lowest BCUT2D eigenvalue weighted by molar-refractivity contribution is -0.447. The number of hydrogen-bond acceptors (Lipinski definition) is 6. The molecule has 0 aromatic rings. The Kier molecular flexibility index (Phi) is 7.77. The molecule has 0 aromatic heterocycles. The zero-order valence-corrected chi connectivity index (χ0v) is 8.84. The molecule has 0 fully saturated rings. The predicted octanol–water partition coefficient (Wildman–Crippen LogP) is 2.24. The van der Waals surface area contributed by atoms with Crippen LogP contribution in [0.5, 0.6) is 0 Å². The number of allylic oxidation sites excluding steroid dienone is 1. The Bertz CT molecular complexity index is 133. The molecule has 0 N–H and O–H groups in total. The Balaban J connectivity index is 3.32. The summed E-state index contributed by atoms with van der Waals surface area (Å²) >= 11 is 9.30. The van der Waals surface area contributed by atoms with Gasteiger partial charge in [0.05, 0.1) is 12.9 Å². The van der Waals surface area contributed by atoms with Gasteiger partial charge in [-0.25, -0.2) is 4.89 Å². The van der Waals surface area contributed by atoms with Crippen molar-refractivity contribution in [3.8, 4) is 0 Å². The molecular formula is C5H10O3S3. The molecule has 0 aliphatic rings. The van der Waals surface area contributed by atoms with Crippen LogP contribution < -0.4 is 0 Å². The molecule has 11 heavy (non-hydrogen) atoms. The fourth-order valence-corrected chi connectivity index (χ4v) is 1.05. The molecule has 3 nitrogen and oxygen atoms in total. The Hall–Kier alpha value is 0.670. The van der Waals surface area contributed by atoms with Crippen molar-refractivity contribution in [2.45, 2.75) is 6.92 Å². The average Bonchev–Trinajstić information content (AvgIpc) is 1.97. The topological polar surface area (TPSA) is 27.7 Å². The van der Waals surface area contributed by atoms with Gasteiger partial charge in [0, 0.05) is 16.9 Å². The van der Waals surface area contributed by atoms with E-state index >= 15 is 0 Å². The fourth-order valence-electron chi connectivity index (χ4n) is 0.232. The quantitative estimate of drug-likeness (QED) is 0.241. The second kappa shape index (κ2) is 7.33. The molecule has 0 unspecified atom stereocenters. The zero-order chi connectivity index (χ0) is 8.69. The number of hydrogen-bond donors (Lipinski definition) is 2. The van der Waals surface area contributed by atoms with Crippen molar-refractivity contribution in [3.05, 3.63) is 9.81 Å². The maximum Gasteiger partial charge on any atom is 0.0744 e. The average molecular weight is 214 g/mol. The van der Waals surface area contributed by atoms with Crippen LogP contribution in [0.15, 0.2) is 9.81 Å². The summed E-state index contributed by atoms with van der Waals surface area (Å²) in [6, 6.07) is 0. The summed E-state index contributed by atoms with van der Waals surface area (Å²) < 4.78 is 4.48. The molecular weight excluding hydrogens is 204 g/mol. The summed E-state index contributed by atoms with van der Waals surface area (Å²) in [7, 11) is 1.36. The zero-order valence-electron chi connectivity index (χ0n) is 6.23. The van der Waals surface area contributed by atoms with Crippen LogP contribution in [-0.4, -0.2) is 12.9 Å². The summed E-state index contributed by atoms with van der Waals surface area (Å²) in [5.74, 6) is 0.585. The molecule has 0 radical (unpaired) electrons. The van der Waals surface area contributed by atoms with Gasteiger partial charge in [-0.2, -0.15) is 0 Å². The van der Waals surface area contributed by atoms with E-state index in [9.17, 15) is 0 Å². The van der Waals surface area contributed by atoms with E-state index in [0.29, 0.717) is 5.75 Å². The lowest BCUT2D eigenvalue weighted by atomic mass is 10.6. The molecule has 0 saturated carbocycles. The normalized spacial score (nSPS) is 13.1. The molecule has 0 atom stereocenters. The summed E-state index contributed by atoms with van der Waals surface area (Å²) in [4.78, 5) is 5.89. The van der Waals surface area contributed by atoms with Gasteiger partial charge in [-0.15, -0.1) is 29.6 Å². The van der Waals surface area contributed by atoms with E-state index in [2.05, 4.69) is 39.5 Å². The molecule has 6 heteroatoms. The standard InChI is InChI=1S/C5H10O3S3/c1-4(9)5(10)3-11-8-7-6-2/h9-10H,3H2,1-2H3/b5-4-. The highest BCUT2D eigenvalue weighted by atomic mass is 32.2. The van der Waals surface area contributed by atoms with E-state index in [-0.39, 0.29) is 0 Å². The van der Waals surface area contributed by atoms with E-state index < -0.39 is 0 Å². The first-order chi connectivity index (χ1) is 5.18. The molecule has 0 bridgehead atoms. The number of rotatable bonds is 5. The Morgan fingerprint density at radius 2 is 2.09 bits per heavy atom. The molecule has 0 saturated heterocycles. The van der Waals surface area contributed by atoms with E-state index in [1.54, 1.807) is 0 Å². The summed E-state index contributed by atoms with van der Waals surface area (Å²) in [6.45, 7) is 1.85. The Morgan fingerprint density at radius 3 is 2.55 bits per heavy atom. The van der Waals surface area contributed by atoms with Crippen molar-refractivity contribution in [2.75, 3.05) is 12.9 Å². The van der Waals surface area contributed by atoms with Crippen molar-refractivity contribution in [3.63, 3.8) is 0 Å². The van der Waals surface area contributed by atoms with Crippen LogP contribution in [0.4, 0.5) is 0 Å². The van der Waals surface area contributed by atoms with Crippen molar-refractivity contribution in [1.29, 1.82) is 0 Å². The van der Waals surface area contributed by atoms with Crippen LogP contribution >= 0.6 is 37.3 Å². The third-order valence-corrected chi connectivity index (χ3v) is 2.47. The summed E-state index contributed by atoms with van der Waals surface area (Å²) in [5, 5.41) is 4.15. The van der Waals surface area contributed by atoms with Gasteiger partial charge in [0.1, 0.15) is 0 Å². The largest absolute Gasteiger partial charge is 0.209 e. The maximum atomic E-state index is 4.48. The lowest BCUT2D eigenvalue weighted by Gasteiger charge is -1.99. The van der Waals surface area contributed by atoms with Crippen LogP contribution in [0.2, 0.25) is 0 Å².